The van der Waals surface area contributed by atoms with Gasteiger partial charge in [0.1, 0.15) is 0 Å². The second-order valence-corrected chi connectivity index (χ2v) is 7.41. The maximum Gasteiger partial charge on any atom is 0.266 e. The van der Waals surface area contributed by atoms with E-state index in [9.17, 15) is 13.2 Å². The zero-order chi connectivity index (χ0) is 14.9. The summed E-state index contributed by atoms with van der Waals surface area (Å²) < 4.78 is 22.9. The van der Waals surface area contributed by atoms with Crippen molar-refractivity contribution < 1.29 is 13.2 Å². The number of thiophene rings is 1. The fraction of sp³-hybridized carbons (Fsp3) is 0.0833. The van der Waals surface area contributed by atoms with Crippen molar-refractivity contribution in [3.05, 3.63) is 44.6 Å². The number of anilines is 1. The summed E-state index contributed by atoms with van der Waals surface area (Å²) in [5, 5.41) is 9.60. The molecule has 5 nitrogen and oxygen atoms in total. The summed E-state index contributed by atoms with van der Waals surface area (Å²) in [6.45, 7) is 1.85. The van der Waals surface area contributed by atoms with Crippen molar-refractivity contribution in [3.63, 3.8) is 0 Å². The first-order valence-electron chi connectivity index (χ1n) is 5.47. The first-order chi connectivity index (χ1) is 9.29. The van der Waals surface area contributed by atoms with Gasteiger partial charge in [0.15, 0.2) is 0 Å². The van der Waals surface area contributed by atoms with E-state index in [1.807, 2.05) is 18.4 Å². The molecule has 1 amide bonds. The van der Waals surface area contributed by atoms with Gasteiger partial charge in [-0.2, -0.15) is 0 Å². The van der Waals surface area contributed by atoms with Gasteiger partial charge in [0.05, 0.1) is 15.5 Å². The standard InChI is InChI=1S/C12H11BrN2O3S2/c1-7-4-5-19-11(7)12(16)15-10-3-2-8(6-9(10)13)20(14,17)18/h2-6H,1H3,(H,15,16)(H2,14,17,18). The molecule has 0 saturated heterocycles. The molecule has 0 atom stereocenters. The molecule has 0 bridgehead atoms. The Bertz CT molecular complexity index is 769. The van der Waals surface area contributed by atoms with Crippen LogP contribution < -0.4 is 10.5 Å². The summed E-state index contributed by atoms with van der Waals surface area (Å²) >= 11 is 4.57. The van der Waals surface area contributed by atoms with Gasteiger partial charge in [-0.1, -0.05) is 0 Å². The lowest BCUT2D eigenvalue weighted by molar-refractivity contribution is 0.103. The summed E-state index contributed by atoms with van der Waals surface area (Å²) in [6.07, 6.45) is 0. The number of carbonyl (C=O) groups is 1. The molecule has 106 valence electrons. The van der Waals surface area contributed by atoms with Crippen molar-refractivity contribution >= 4 is 48.9 Å². The molecule has 1 aromatic carbocycles. The van der Waals surface area contributed by atoms with Gasteiger partial charge in [0.2, 0.25) is 10.0 Å². The predicted octanol–water partition coefficient (Wildman–Crippen LogP) is 2.72. The number of primary sulfonamides is 1. The molecule has 20 heavy (non-hydrogen) atoms. The summed E-state index contributed by atoms with van der Waals surface area (Å²) in [4.78, 5) is 12.7. The Morgan fingerprint density at radius 1 is 1.35 bits per heavy atom. The number of hydrogen-bond acceptors (Lipinski definition) is 4. The number of hydrogen-bond donors (Lipinski definition) is 2. The number of sulfonamides is 1. The van der Waals surface area contributed by atoms with E-state index in [0.29, 0.717) is 15.0 Å². The zero-order valence-corrected chi connectivity index (χ0v) is 13.6. The largest absolute Gasteiger partial charge is 0.320 e. The van der Waals surface area contributed by atoms with E-state index >= 15 is 0 Å². The molecule has 8 heteroatoms. The van der Waals surface area contributed by atoms with E-state index in [-0.39, 0.29) is 10.8 Å². The third kappa shape index (κ3) is 3.26. The Morgan fingerprint density at radius 3 is 2.55 bits per heavy atom. The molecule has 0 fully saturated rings. The van der Waals surface area contributed by atoms with Crippen molar-refractivity contribution in [3.8, 4) is 0 Å². The Morgan fingerprint density at radius 2 is 2.05 bits per heavy atom. The first kappa shape index (κ1) is 15.2. The topological polar surface area (TPSA) is 89.3 Å². The van der Waals surface area contributed by atoms with Crippen LogP contribution in [0, 0.1) is 6.92 Å². The molecule has 0 aliphatic carbocycles. The predicted molar refractivity (Wildman–Crippen MR) is 82.5 cm³/mol. The van der Waals surface area contributed by atoms with E-state index in [1.165, 1.54) is 29.5 Å². The molecular formula is C12H11BrN2O3S2. The lowest BCUT2D eigenvalue weighted by atomic mass is 10.2. The van der Waals surface area contributed by atoms with Crippen molar-refractivity contribution in [1.29, 1.82) is 0 Å². The molecule has 1 aromatic heterocycles. The maximum absolute atomic E-state index is 12.1. The lowest BCUT2D eigenvalue weighted by Gasteiger charge is -2.08. The van der Waals surface area contributed by atoms with E-state index in [1.54, 1.807) is 0 Å². The fourth-order valence-electron chi connectivity index (χ4n) is 1.56. The highest BCUT2D eigenvalue weighted by Crippen LogP contribution is 2.26. The minimum atomic E-state index is -3.76. The summed E-state index contributed by atoms with van der Waals surface area (Å²) in [5.41, 5.74) is 1.37. The molecule has 0 aliphatic rings. The van der Waals surface area contributed by atoms with E-state index in [4.69, 9.17) is 5.14 Å². The molecule has 0 radical (unpaired) electrons. The minimum Gasteiger partial charge on any atom is -0.320 e. The van der Waals surface area contributed by atoms with Crippen LogP contribution in [0.4, 0.5) is 5.69 Å². The van der Waals surface area contributed by atoms with Crippen molar-refractivity contribution in [2.24, 2.45) is 5.14 Å². The summed E-state index contributed by atoms with van der Waals surface area (Å²) in [7, 11) is -3.76. The fourth-order valence-corrected chi connectivity index (χ4v) is 3.55. The Kier molecular flexibility index (Phi) is 4.28. The van der Waals surface area contributed by atoms with E-state index in [2.05, 4.69) is 21.2 Å². The van der Waals surface area contributed by atoms with Gasteiger partial charge in [0.25, 0.3) is 5.91 Å². The van der Waals surface area contributed by atoms with Crippen molar-refractivity contribution in [2.75, 3.05) is 5.32 Å². The van der Waals surface area contributed by atoms with Crippen molar-refractivity contribution in [2.45, 2.75) is 11.8 Å². The monoisotopic (exact) mass is 374 g/mol. The van der Waals surface area contributed by atoms with Gasteiger partial charge in [-0.25, -0.2) is 13.6 Å². The van der Waals surface area contributed by atoms with E-state index in [0.717, 1.165) is 5.56 Å². The number of nitrogens with one attached hydrogen (secondary N) is 1. The zero-order valence-electron chi connectivity index (χ0n) is 10.4. The highest BCUT2D eigenvalue weighted by Gasteiger charge is 2.14. The maximum atomic E-state index is 12.1. The number of halogens is 1. The molecule has 0 aliphatic heterocycles. The first-order valence-corrected chi connectivity index (χ1v) is 8.69. The van der Waals surface area contributed by atoms with Crippen LogP contribution in [-0.4, -0.2) is 14.3 Å². The molecule has 0 spiro atoms. The SMILES string of the molecule is Cc1ccsc1C(=O)Nc1ccc(S(N)(=O)=O)cc1Br. The third-order valence-corrected chi connectivity index (χ3v) is 5.17. The number of carbonyl (C=O) groups excluding carboxylic acids is 1. The number of rotatable bonds is 3. The molecule has 1 heterocycles. The molecule has 3 N–H and O–H groups in total. The van der Waals surface area contributed by atoms with Gasteiger partial charge >= 0.3 is 0 Å². The lowest BCUT2D eigenvalue weighted by Crippen LogP contribution is -2.14. The van der Waals surface area contributed by atoms with Gasteiger partial charge in [0, 0.05) is 4.47 Å². The van der Waals surface area contributed by atoms with Crippen LogP contribution in [0.3, 0.4) is 0 Å². The summed E-state index contributed by atoms with van der Waals surface area (Å²) in [6, 6.07) is 6.05. The molecule has 0 unspecified atom stereocenters. The van der Waals surface area contributed by atoms with Gasteiger partial charge in [-0.3, -0.25) is 4.79 Å². The van der Waals surface area contributed by atoms with Crippen LogP contribution >= 0.6 is 27.3 Å². The van der Waals surface area contributed by atoms with Crippen LogP contribution in [0.2, 0.25) is 0 Å². The Hall–Kier alpha value is -1.22. The Labute approximate surface area is 129 Å². The minimum absolute atomic E-state index is 0.0188. The highest BCUT2D eigenvalue weighted by molar-refractivity contribution is 9.10. The molecule has 2 aromatic rings. The van der Waals surface area contributed by atoms with Gasteiger partial charge < -0.3 is 5.32 Å². The van der Waals surface area contributed by atoms with Gasteiger partial charge in [-0.05, 0) is 58.1 Å². The van der Waals surface area contributed by atoms with Crippen LogP contribution in [0.25, 0.3) is 0 Å². The van der Waals surface area contributed by atoms with Crippen LogP contribution in [0.15, 0.2) is 39.0 Å². The van der Waals surface area contributed by atoms with Crippen LogP contribution in [-0.2, 0) is 10.0 Å². The molecule has 0 saturated carbocycles. The Balaban J connectivity index is 2.27. The summed E-state index contributed by atoms with van der Waals surface area (Å²) in [5.74, 6) is -0.235. The molecule has 2 rings (SSSR count). The third-order valence-electron chi connectivity index (χ3n) is 2.59. The highest BCUT2D eigenvalue weighted by atomic mass is 79.9. The molecular weight excluding hydrogens is 364 g/mol. The number of nitrogens with two attached hydrogens (primary N) is 1. The second kappa shape index (κ2) is 5.65. The number of amides is 1. The van der Waals surface area contributed by atoms with Crippen LogP contribution in [0.5, 0.6) is 0 Å². The smallest absolute Gasteiger partial charge is 0.266 e. The average Bonchev–Trinajstić information content (AvgIpc) is 2.76. The van der Waals surface area contributed by atoms with Crippen molar-refractivity contribution in [1.82, 2.24) is 0 Å². The van der Waals surface area contributed by atoms with Gasteiger partial charge in [-0.15, -0.1) is 11.3 Å². The second-order valence-electron chi connectivity index (χ2n) is 4.07. The normalized spacial score (nSPS) is 11.3. The quantitative estimate of drug-likeness (QED) is 0.865. The van der Waals surface area contributed by atoms with Crippen LogP contribution in [0.1, 0.15) is 15.2 Å². The average molecular weight is 375 g/mol. The number of benzene rings is 1. The van der Waals surface area contributed by atoms with E-state index < -0.39 is 10.0 Å². The number of aryl methyl sites for hydroxylation is 1.